The van der Waals surface area contributed by atoms with Crippen LogP contribution in [0.5, 0.6) is 0 Å². The van der Waals surface area contributed by atoms with E-state index in [2.05, 4.69) is 26.7 Å². The number of carbonyl (C=O) groups excluding carboxylic acids is 2. The summed E-state index contributed by atoms with van der Waals surface area (Å²) in [5, 5.41) is 4.32. The summed E-state index contributed by atoms with van der Waals surface area (Å²) in [6.45, 7) is 4.27. The quantitative estimate of drug-likeness (QED) is 0.293. The normalized spacial score (nSPS) is 20.3. The van der Waals surface area contributed by atoms with Gasteiger partial charge in [-0.2, -0.15) is 11.3 Å². The highest BCUT2D eigenvalue weighted by molar-refractivity contribution is 7.08. The molecule has 0 spiro atoms. The highest BCUT2D eigenvalue weighted by Crippen LogP contribution is 2.37. The molecular formula is C31H33FN4O3S. The molecule has 2 aromatic heterocycles. The van der Waals surface area contributed by atoms with Gasteiger partial charge in [0.2, 0.25) is 0 Å². The molecule has 40 heavy (non-hydrogen) atoms. The number of rotatable bonds is 7. The fourth-order valence-electron chi connectivity index (χ4n) is 6.39. The Kier molecular flexibility index (Phi) is 7.67. The molecule has 4 heterocycles. The summed E-state index contributed by atoms with van der Waals surface area (Å²) in [5.74, 6) is 0.439. The van der Waals surface area contributed by atoms with E-state index in [0.717, 1.165) is 32.5 Å². The van der Waals surface area contributed by atoms with Gasteiger partial charge in [0.25, 0.3) is 5.91 Å². The van der Waals surface area contributed by atoms with Gasteiger partial charge < -0.3 is 19.1 Å². The Morgan fingerprint density at radius 3 is 2.58 bits per heavy atom. The predicted molar refractivity (Wildman–Crippen MR) is 153 cm³/mol. The topological polar surface area (TPSA) is 67.7 Å². The molecule has 208 valence electrons. The van der Waals surface area contributed by atoms with Crippen LogP contribution in [-0.4, -0.2) is 71.1 Å². The van der Waals surface area contributed by atoms with E-state index in [4.69, 9.17) is 4.74 Å². The third kappa shape index (κ3) is 5.40. The number of ether oxygens (including phenoxy) is 1. The number of fused-ring (bicyclic) bond motifs is 1. The van der Waals surface area contributed by atoms with Crippen molar-refractivity contribution >= 4 is 34.2 Å². The minimum absolute atomic E-state index is 0.00528. The summed E-state index contributed by atoms with van der Waals surface area (Å²) in [6.07, 6.45) is 3.70. The molecule has 0 bridgehead atoms. The maximum absolute atomic E-state index is 14.0. The molecule has 0 radical (unpaired) electrons. The van der Waals surface area contributed by atoms with E-state index in [-0.39, 0.29) is 30.2 Å². The van der Waals surface area contributed by atoms with E-state index in [1.165, 1.54) is 18.2 Å². The van der Waals surface area contributed by atoms with E-state index in [9.17, 15) is 14.0 Å². The Hall–Kier alpha value is -3.56. The van der Waals surface area contributed by atoms with Crippen LogP contribution >= 0.6 is 11.3 Å². The second kappa shape index (κ2) is 11.5. The number of likely N-dealkylation sites (tertiary alicyclic amines) is 2. The van der Waals surface area contributed by atoms with Gasteiger partial charge in [-0.1, -0.05) is 18.2 Å². The number of thiophene rings is 1. The van der Waals surface area contributed by atoms with Crippen LogP contribution in [0.4, 0.5) is 4.39 Å². The molecular weight excluding hydrogens is 527 g/mol. The number of amides is 1. The Balaban J connectivity index is 1.18. The summed E-state index contributed by atoms with van der Waals surface area (Å²) in [4.78, 5) is 34.9. The first-order valence-electron chi connectivity index (χ1n) is 13.8. The first-order valence-corrected chi connectivity index (χ1v) is 14.7. The molecule has 2 fully saturated rings. The average molecular weight is 561 g/mol. The predicted octanol–water partition coefficient (Wildman–Crippen LogP) is 5.15. The van der Waals surface area contributed by atoms with Crippen LogP contribution in [-0.2, 0) is 16.1 Å². The molecule has 0 N–H and O–H groups in total. The van der Waals surface area contributed by atoms with Gasteiger partial charge in [-0.05, 0) is 90.0 Å². The van der Waals surface area contributed by atoms with E-state index < -0.39 is 0 Å². The molecule has 0 saturated carbocycles. The fraction of sp³-hybridized carbons (Fsp3) is 0.387. The number of aromatic nitrogens is 2. The second-order valence-corrected chi connectivity index (χ2v) is 11.7. The van der Waals surface area contributed by atoms with Crippen molar-refractivity contribution < 1.29 is 18.7 Å². The van der Waals surface area contributed by atoms with Crippen LogP contribution in [0.15, 0.2) is 65.6 Å². The monoisotopic (exact) mass is 560 g/mol. The van der Waals surface area contributed by atoms with Crippen LogP contribution in [0.1, 0.15) is 46.2 Å². The van der Waals surface area contributed by atoms with Crippen molar-refractivity contribution in [2.75, 3.05) is 39.8 Å². The highest BCUT2D eigenvalue weighted by Gasteiger charge is 2.38. The zero-order valence-electron chi connectivity index (χ0n) is 22.5. The van der Waals surface area contributed by atoms with Gasteiger partial charge in [0.05, 0.1) is 30.0 Å². The molecule has 2 saturated heterocycles. The lowest BCUT2D eigenvalue weighted by atomic mass is 9.87. The Bertz CT molecular complexity index is 1480. The van der Waals surface area contributed by atoms with Crippen LogP contribution in [0.25, 0.3) is 11.0 Å². The van der Waals surface area contributed by atoms with E-state index in [1.807, 2.05) is 35.2 Å². The van der Waals surface area contributed by atoms with Gasteiger partial charge >= 0.3 is 5.97 Å². The van der Waals surface area contributed by atoms with Crippen molar-refractivity contribution in [1.82, 2.24) is 19.4 Å². The van der Waals surface area contributed by atoms with Gasteiger partial charge in [-0.3, -0.25) is 9.59 Å². The molecule has 1 amide bonds. The Morgan fingerprint density at radius 1 is 1.05 bits per heavy atom. The van der Waals surface area contributed by atoms with Crippen molar-refractivity contribution in [3.8, 4) is 0 Å². The number of methoxy groups -OCH3 is 1. The molecule has 2 aliphatic rings. The average Bonchev–Trinajstić information content (AvgIpc) is 3.74. The van der Waals surface area contributed by atoms with Crippen molar-refractivity contribution in [3.63, 3.8) is 0 Å². The largest absolute Gasteiger partial charge is 0.468 e. The number of halogens is 1. The molecule has 0 aliphatic carbocycles. The molecule has 2 unspecified atom stereocenters. The number of imidazole rings is 1. The molecule has 4 aromatic rings. The van der Waals surface area contributed by atoms with Crippen molar-refractivity contribution in [2.45, 2.75) is 31.2 Å². The van der Waals surface area contributed by atoms with E-state index in [0.29, 0.717) is 41.5 Å². The molecule has 2 atom stereocenters. The van der Waals surface area contributed by atoms with E-state index >= 15 is 0 Å². The van der Waals surface area contributed by atoms with Crippen LogP contribution in [0.2, 0.25) is 0 Å². The number of benzene rings is 2. The third-order valence-corrected chi connectivity index (χ3v) is 9.22. The lowest BCUT2D eigenvalue weighted by molar-refractivity contribution is -0.141. The number of carbonyl (C=O) groups is 2. The summed E-state index contributed by atoms with van der Waals surface area (Å²) in [6, 6.07) is 14.7. The minimum atomic E-state index is -0.386. The van der Waals surface area contributed by atoms with Crippen LogP contribution in [0.3, 0.4) is 0 Å². The molecule has 9 heteroatoms. The molecule has 2 aromatic carbocycles. The summed E-state index contributed by atoms with van der Waals surface area (Å²) in [7, 11) is 1.35. The number of para-hydroxylation sites is 1. The van der Waals surface area contributed by atoms with E-state index in [1.54, 1.807) is 34.4 Å². The molecule has 7 nitrogen and oxygen atoms in total. The Morgan fingerprint density at radius 2 is 1.85 bits per heavy atom. The number of hydrogen-bond donors (Lipinski definition) is 0. The second-order valence-electron chi connectivity index (χ2n) is 10.9. The molecule has 2 aliphatic heterocycles. The lowest BCUT2D eigenvalue weighted by Crippen LogP contribution is -2.38. The summed E-state index contributed by atoms with van der Waals surface area (Å²) < 4.78 is 19.9. The first-order chi connectivity index (χ1) is 19.5. The maximum atomic E-state index is 14.0. The summed E-state index contributed by atoms with van der Waals surface area (Å²) in [5.41, 5.74) is 4.42. The zero-order chi connectivity index (χ0) is 27.6. The third-order valence-electron chi connectivity index (χ3n) is 8.52. The number of hydrogen-bond acceptors (Lipinski definition) is 6. The zero-order valence-corrected chi connectivity index (χ0v) is 23.4. The lowest BCUT2D eigenvalue weighted by Gasteiger charge is -2.34. The standard InChI is InChI=1S/C31H33FN4O3S/c1-39-29(37)18-36-20-33-28-4-2-3-26(30(28)36)31(38)35-16-24(27(17-35)23-11-14-40-19-23)15-34-12-9-22(10-13-34)21-5-7-25(32)8-6-21/h2-8,11,14,19-20,22,24,27H,9-10,12-13,15-18H2,1H3. The molecule has 6 rings (SSSR count). The van der Waals surface area contributed by atoms with Crippen molar-refractivity contribution in [2.24, 2.45) is 5.92 Å². The van der Waals surface area contributed by atoms with Gasteiger partial charge in [0.15, 0.2) is 0 Å². The van der Waals surface area contributed by atoms with Gasteiger partial charge in [-0.15, -0.1) is 0 Å². The maximum Gasteiger partial charge on any atom is 0.325 e. The first kappa shape index (κ1) is 26.7. The highest BCUT2D eigenvalue weighted by atomic mass is 32.1. The number of nitrogens with zero attached hydrogens (tertiary/aromatic N) is 4. The fourth-order valence-corrected chi connectivity index (χ4v) is 7.12. The summed E-state index contributed by atoms with van der Waals surface area (Å²) >= 11 is 1.69. The van der Waals surface area contributed by atoms with Crippen LogP contribution < -0.4 is 0 Å². The smallest absolute Gasteiger partial charge is 0.325 e. The van der Waals surface area contributed by atoms with Crippen LogP contribution in [0, 0.1) is 11.7 Å². The van der Waals surface area contributed by atoms with Gasteiger partial charge in [0.1, 0.15) is 12.4 Å². The van der Waals surface area contributed by atoms with Gasteiger partial charge in [0, 0.05) is 25.6 Å². The SMILES string of the molecule is COC(=O)Cn1cnc2cccc(C(=O)N3CC(CN4CCC(c5ccc(F)cc5)CC4)C(c4ccsc4)C3)c21. The minimum Gasteiger partial charge on any atom is -0.468 e. The van der Waals surface area contributed by atoms with Crippen molar-refractivity contribution in [3.05, 3.63) is 88.1 Å². The number of piperidine rings is 1. The van der Waals surface area contributed by atoms with Crippen molar-refractivity contribution in [1.29, 1.82) is 0 Å². The Labute approximate surface area is 237 Å². The number of esters is 1. The van der Waals surface area contributed by atoms with Gasteiger partial charge in [-0.25, -0.2) is 9.37 Å².